The summed E-state index contributed by atoms with van der Waals surface area (Å²) < 4.78 is 11.4. The fourth-order valence-electron chi connectivity index (χ4n) is 2.37. The van der Waals surface area contributed by atoms with Crippen LogP contribution in [0, 0.1) is 27.7 Å². The summed E-state index contributed by atoms with van der Waals surface area (Å²) >= 11 is 0. The van der Waals surface area contributed by atoms with E-state index in [0.29, 0.717) is 13.2 Å². The number of ether oxygens (including phenoxy) is 2. The van der Waals surface area contributed by atoms with Crippen LogP contribution in [0.3, 0.4) is 0 Å². The first kappa shape index (κ1) is 18.8. The minimum atomic E-state index is -0.554. The largest absolute Gasteiger partial charge is 0.492 e. The van der Waals surface area contributed by atoms with Crippen molar-refractivity contribution in [3.05, 3.63) is 58.7 Å². The van der Waals surface area contributed by atoms with Gasteiger partial charge in [-0.25, -0.2) is 0 Å². The molecule has 1 amide bonds. The Morgan fingerprint density at radius 3 is 2.44 bits per heavy atom. The summed E-state index contributed by atoms with van der Waals surface area (Å²) in [6, 6.07) is 11.9. The summed E-state index contributed by atoms with van der Waals surface area (Å²) in [6.07, 6.45) is -0.554. The third kappa shape index (κ3) is 5.52. The highest BCUT2D eigenvalue weighted by atomic mass is 16.5. The van der Waals surface area contributed by atoms with E-state index in [1.54, 1.807) is 6.92 Å². The second-order valence-electron chi connectivity index (χ2n) is 6.41. The highest BCUT2D eigenvalue weighted by Crippen LogP contribution is 2.20. The summed E-state index contributed by atoms with van der Waals surface area (Å²) in [7, 11) is 0. The van der Waals surface area contributed by atoms with Crippen LogP contribution in [0.15, 0.2) is 36.4 Å². The van der Waals surface area contributed by atoms with Gasteiger partial charge in [0.25, 0.3) is 5.91 Å². The Hall–Kier alpha value is -2.49. The number of nitrogens with one attached hydrogen (secondary N) is 1. The molecule has 0 aromatic heterocycles. The van der Waals surface area contributed by atoms with E-state index in [2.05, 4.69) is 19.2 Å². The van der Waals surface area contributed by atoms with E-state index in [9.17, 15) is 4.79 Å². The Bertz CT molecular complexity index is 740. The van der Waals surface area contributed by atoms with Gasteiger partial charge in [0.05, 0.1) is 6.54 Å². The molecule has 0 spiro atoms. The molecule has 134 valence electrons. The highest BCUT2D eigenvalue weighted by Gasteiger charge is 2.15. The molecule has 4 heteroatoms. The Kier molecular flexibility index (Phi) is 6.45. The van der Waals surface area contributed by atoms with Crippen molar-refractivity contribution in [2.75, 3.05) is 13.2 Å². The molecule has 0 aliphatic rings. The van der Waals surface area contributed by atoms with Gasteiger partial charge in [0.2, 0.25) is 0 Å². The maximum absolute atomic E-state index is 12.2. The standard InChI is InChI=1S/C21H27NO3/c1-14-6-7-16(3)20(12-14)25-18(5)21(23)22-10-11-24-19-9-8-15(2)17(4)13-19/h6-9,12-13,18H,10-11H2,1-5H3,(H,22,23)/t18-/m0/s1. The smallest absolute Gasteiger partial charge is 0.260 e. The molecule has 0 saturated heterocycles. The van der Waals surface area contributed by atoms with Gasteiger partial charge in [-0.05, 0) is 75.1 Å². The normalized spacial score (nSPS) is 11.7. The fourth-order valence-corrected chi connectivity index (χ4v) is 2.37. The first-order valence-corrected chi connectivity index (χ1v) is 8.58. The van der Waals surface area contributed by atoms with Gasteiger partial charge in [0.15, 0.2) is 6.10 Å². The van der Waals surface area contributed by atoms with E-state index in [1.807, 2.05) is 50.2 Å². The molecule has 2 aromatic rings. The van der Waals surface area contributed by atoms with Gasteiger partial charge >= 0.3 is 0 Å². The van der Waals surface area contributed by atoms with E-state index in [4.69, 9.17) is 9.47 Å². The molecule has 1 N–H and O–H groups in total. The van der Waals surface area contributed by atoms with Crippen LogP contribution in [0.5, 0.6) is 11.5 Å². The Labute approximate surface area is 150 Å². The minimum Gasteiger partial charge on any atom is -0.492 e. The molecule has 0 heterocycles. The van der Waals surface area contributed by atoms with Crippen LogP contribution in [0.25, 0.3) is 0 Å². The second-order valence-corrected chi connectivity index (χ2v) is 6.41. The van der Waals surface area contributed by atoms with Crippen LogP contribution in [0.1, 0.15) is 29.2 Å². The fraction of sp³-hybridized carbons (Fsp3) is 0.381. The lowest BCUT2D eigenvalue weighted by atomic mass is 10.1. The zero-order valence-electron chi connectivity index (χ0n) is 15.7. The topological polar surface area (TPSA) is 47.6 Å². The Morgan fingerprint density at radius 2 is 1.72 bits per heavy atom. The third-order valence-corrected chi connectivity index (χ3v) is 4.17. The number of carbonyl (C=O) groups is 1. The molecule has 0 radical (unpaired) electrons. The number of aryl methyl sites for hydroxylation is 4. The van der Waals surface area contributed by atoms with Gasteiger partial charge in [-0.3, -0.25) is 4.79 Å². The van der Waals surface area contributed by atoms with Gasteiger partial charge in [-0.15, -0.1) is 0 Å². The van der Waals surface area contributed by atoms with Crippen molar-refractivity contribution in [2.24, 2.45) is 0 Å². The van der Waals surface area contributed by atoms with Gasteiger partial charge in [0.1, 0.15) is 18.1 Å². The van der Waals surface area contributed by atoms with Crippen LogP contribution < -0.4 is 14.8 Å². The van der Waals surface area contributed by atoms with Crippen LogP contribution in [-0.4, -0.2) is 25.2 Å². The molecule has 4 nitrogen and oxygen atoms in total. The minimum absolute atomic E-state index is 0.149. The van der Waals surface area contributed by atoms with Crippen LogP contribution in [0.2, 0.25) is 0 Å². The average molecular weight is 341 g/mol. The SMILES string of the molecule is Cc1ccc(C)c(O[C@@H](C)C(=O)NCCOc2ccc(C)c(C)c2)c1. The monoisotopic (exact) mass is 341 g/mol. The van der Waals surface area contributed by atoms with E-state index in [0.717, 1.165) is 22.6 Å². The first-order valence-electron chi connectivity index (χ1n) is 8.58. The average Bonchev–Trinajstić information content (AvgIpc) is 2.57. The number of benzene rings is 2. The molecular formula is C21H27NO3. The van der Waals surface area contributed by atoms with Gasteiger partial charge < -0.3 is 14.8 Å². The Balaban J connectivity index is 1.77. The molecule has 0 bridgehead atoms. The van der Waals surface area contributed by atoms with Crippen molar-refractivity contribution >= 4 is 5.91 Å². The summed E-state index contributed by atoms with van der Waals surface area (Å²) in [5.41, 5.74) is 4.55. The highest BCUT2D eigenvalue weighted by molar-refractivity contribution is 5.80. The van der Waals surface area contributed by atoms with E-state index < -0.39 is 6.10 Å². The number of amides is 1. The number of hydrogen-bond donors (Lipinski definition) is 1. The number of rotatable bonds is 7. The molecule has 0 aliphatic carbocycles. The molecule has 0 aliphatic heterocycles. The maximum atomic E-state index is 12.2. The lowest BCUT2D eigenvalue weighted by Crippen LogP contribution is -2.38. The van der Waals surface area contributed by atoms with E-state index in [1.165, 1.54) is 11.1 Å². The van der Waals surface area contributed by atoms with Crippen molar-refractivity contribution < 1.29 is 14.3 Å². The molecule has 0 unspecified atom stereocenters. The third-order valence-electron chi connectivity index (χ3n) is 4.17. The van der Waals surface area contributed by atoms with Crippen LogP contribution >= 0.6 is 0 Å². The number of hydrogen-bond acceptors (Lipinski definition) is 3. The lowest BCUT2D eigenvalue weighted by molar-refractivity contribution is -0.127. The summed E-state index contributed by atoms with van der Waals surface area (Å²) in [5.74, 6) is 1.41. The summed E-state index contributed by atoms with van der Waals surface area (Å²) in [4.78, 5) is 12.2. The van der Waals surface area contributed by atoms with Gasteiger partial charge in [0, 0.05) is 0 Å². The molecular weight excluding hydrogens is 314 g/mol. The molecule has 2 rings (SSSR count). The van der Waals surface area contributed by atoms with E-state index in [-0.39, 0.29) is 5.91 Å². The molecule has 0 saturated carbocycles. The van der Waals surface area contributed by atoms with Crippen molar-refractivity contribution in [1.82, 2.24) is 5.32 Å². The molecule has 25 heavy (non-hydrogen) atoms. The Morgan fingerprint density at radius 1 is 1.00 bits per heavy atom. The number of carbonyl (C=O) groups excluding carboxylic acids is 1. The first-order chi connectivity index (χ1) is 11.9. The van der Waals surface area contributed by atoms with Crippen molar-refractivity contribution in [3.63, 3.8) is 0 Å². The van der Waals surface area contributed by atoms with Crippen molar-refractivity contribution in [3.8, 4) is 11.5 Å². The zero-order valence-corrected chi connectivity index (χ0v) is 15.7. The molecule has 0 fully saturated rings. The second kappa shape index (κ2) is 8.56. The lowest BCUT2D eigenvalue weighted by Gasteiger charge is -2.17. The zero-order chi connectivity index (χ0) is 18.4. The molecule has 2 aromatic carbocycles. The van der Waals surface area contributed by atoms with Crippen LogP contribution in [-0.2, 0) is 4.79 Å². The predicted molar refractivity (Wildman–Crippen MR) is 100 cm³/mol. The van der Waals surface area contributed by atoms with Crippen LogP contribution in [0.4, 0.5) is 0 Å². The van der Waals surface area contributed by atoms with E-state index >= 15 is 0 Å². The maximum Gasteiger partial charge on any atom is 0.260 e. The summed E-state index contributed by atoms with van der Waals surface area (Å²) in [5, 5.41) is 2.84. The van der Waals surface area contributed by atoms with Gasteiger partial charge in [-0.2, -0.15) is 0 Å². The quantitative estimate of drug-likeness (QED) is 0.778. The molecule has 1 atom stereocenters. The predicted octanol–water partition coefficient (Wildman–Crippen LogP) is 3.88. The van der Waals surface area contributed by atoms with Crippen molar-refractivity contribution in [2.45, 2.75) is 40.7 Å². The van der Waals surface area contributed by atoms with Crippen molar-refractivity contribution in [1.29, 1.82) is 0 Å². The van der Waals surface area contributed by atoms with Gasteiger partial charge in [-0.1, -0.05) is 18.2 Å². The summed E-state index contributed by atoms with van der Waals surface area (Å²) in [6.45, 7) is 10.7.